The lowest BCUT2D eigenvalue weighted by Gasteiger charge is -2.14. The first-order valence-corrected chi connectivity index (χ1v) is 5.13. The van der Waals surface area contributed by atoms with Gasteiger partial charge in [-0.2, -0.15) is 0 Å². The lowest BCUT2D eigenvalue weighted by molar-refractivity contribution is 0.145. The Kier molecular flexibility index (Phi) is 4.59. The first-order valence-electron chi connectivity index (χ1n) is 5.13. The first-order chi connectivity index (χ1) is 7.15. The molecule has 1 atom stereocenters. The van der Waals surface area contributed by atoms with Crippen LogP contribution < -0.4 is 10.5 Å². The summed E-state index contributed by atoms with van der Waals surface area (Å²) in [6.45, 7) is 5.15. The normalized spacial score (nSPS) is 12.5. The van der Waals surface area contributed by atoms with Crippen LogP contribution in [0.15, 0.2) is 18.2 Å². The maximum absolute atomic E-state index is 5.88. The van der Waals surface area contributed by atoms with E-state index in [9.17, 15) is 0 Å². The molecule has 0 aliphatic rings. The molecule has 0 heterocycles. The van der Waals surface area contributed by atoms with Crippen LogP contribution in [0.3, 0.4) is 0 Å². The lowest BCUT2D eigenvalue weighted by Crippen LogP contribution is -2.11. The van der Waals surface area contributed by atoms with Crippen molar-refractivity contribution in [2.45, 2.75) is 19.9 Å². The Hall–Kier alpha value is -1.06. The van der Waals surface area contributed by atoms with Crippen LogP contribution in [0.2, 0.25) is 0 Å². The van der Waals surface area contributed by atoms with E-state index in [1.54, 1.807) is 7.11 Å². The highest BCUT2D eigenvalue weighted by atomic mass is 16.5. The summed E-state index contributed by atoms with van der Waals surface area (Å²) in [5.74, 6) is 0.854. The molecule has 0 aromatic heterocycles. The smallest absolute Gasteiger partial charge is 0.124 e. The minimum atomic E-state index is -0.0116. The monoisotopic (exact) mass is 209 g/mol. The predicted molar refractivity (Wildman–Crippen MR) is 61.2 cm³/mol. The maximum atomic E-state index is 5.88. The molecule has 0 radical (unpaired) electrons. The Labute approximate surface area is 91.2 Å². The maximum Gasteiger partial charge on any atom is 0.124 e. The van der Waals surface area contributed by atoms with Crippen molar-refractivity contribution in [1.29, 1.82) is 0 Å². The van der Waals surface area contributed by atoms with Crippen LogP contribution in [0, 0.1) is 6.92 Å². The van der Waals surface area contributed by atoms with Crippen molar-refractivity contribution >= 4 is 0 Å². The molecule has 0 fully saturated rings. The van der Waals surface area contributed by atoms with Gasteiger partial charge in [-0.3, -0.25) is 0 Å². The topological polar surface area (TPSA) is 44.5 Å². The average Bonchev–Trinajstić information content (AvgIpc) is 2.20. The van der Waals surface area contributed by atoms with Crippen molar-refractivity contribution in [3.8, 4) is 5.75 Å². The number of benzene rings is 1. The van der Waals surface area contributed by atoms with Gasteiger partial charge in [-0.25, -0.2) is 0 Å². The van der Waals surface area contributed by atoms with Crippen molar-refractivity contribution < 1.29 is 9.47 Å². The van der Waals surface area contributed by atoms with Gasteiger partial charge in [-0.15, -0.1) is 0 Å². The summed E-state index contributed by atoms with van der Waals surface area (Å²) in [5.41, 5.74) is 8.12. The molecule has 0 unspecified atom stereocenters. The third-order valence-electron chi connectivity index (χ3n) is 2.20. The van der Waals surface area contributed by atoms with Gasteiger partial charge in [0.2, 0.25) is 0 Å². The molecule has 1 rings (SSSR count). The molecule has 0 saturated carbocycles. The van der Waals surface area contributed by atoms with E-state index in [1.165, 1.54) is 5.56 Å². The summed E-state index contributed by atoms with van der Waals surface area (Å²) >= 11 is 0. The Morgan fingerprint density at radius 3 is 2.67 bits per heavy atom. The van der Waals surface area contributed by atoms with E-state index in [1.807, 2.05) is 26.0 Å². The number of nitrogens with two attached hydrogens (primary N) is 1. The van der Waals surface area contributed by atoms with Crippen molar-refractivity contribution in [1.82, 2.24) is 0 Å². The third-order valence-corrected chi connectivity index (χ3v) is 2.20. The molecule has 0 spiro atoms. The second-order valence-corrected chi connectivity index (χ2v) is 3.67. The summed E-state index contributed by atoms with van der Waals surface area (Å²) in [6.07, 6.45) is 0. The largest absolute Gasteiger partial charge is 0.491 e. The molecule has 0 amide bonds. The van der Waals surface area contributed by atoms with Crippen LogP contribution in [-0.2, 0) is 4.74 Å². The van der Waals surface area contributed by atoms with Gasteiger partial charge in [0.15, 0.2) is 0 Å². The molecule has 84 valence electrons. The van der Waals surface area contributed by atoms with E-state index in [-0.39, 0.29) is 6.04 Å². The van der Waals surface area contributed by atoms with Crippen molar-refractivity contribution in [3.05, 3.63) is 29.3 Å². The molecule has 0 aliphatic heterocycles. The zero-order valence-corrected chi connectivity index (χ0v) is 9.62. The SMILES string of the molecule is COCCOc1ccc(C)cc1[C@H](C)N. The number of aryl methyl sites for hydroxylation is 1. The third kappa shape index (κ3) is 3.53. The molecule has 3 nitrogen and oxygen atoms in total. The minimum absolute atomic E-state index is 0.0116. The van der Waals surface area contributed by atoms with E-state index >= 15 is 0 Å². The fourth-order valence-corrected chi connectivity index (χ4v) is 1.39. The van der Waals surface area contributed by atoms with E-state index in [0.717, 1.165) is 11.3 Å². The van der Waals surface area contributed by atoms with Crippen LogP contribution in [0.5, 0.6) is 5.75 Å². The summed E-state index contributed by atoms with van der Waals surface area (Å²) in [4.78, 5) is 0. The average molecular weight is 209 g/mol. The van der Waals surface area contributed by atoms with Crippen molar-refractivity contribution in [3.63, 3.8) is 0 Å². The number of rotatable bonds is 5. The molecule has 3 heteroatoms. The van der Waals surface area contributed by atoms with Crippen LogP contribution in [0.4, 0.5) is 0 Å². The molecule has 0 aliphatic carbocycles. The summed E-state index contributed by atoms with van der Waals surface area (Å²) in [5, 5.41) is 0. The molecule has 0 saturated heterocycles. The lowest BCUT2D eigenvalue weighted by atomic mass is 10.1. The molecule has 15 heavy (non-hydrogen) atoms. The minimum Gasteiger partial charge on any atom is -0.491 e. The quantitative estimate of drug-likeness (QED) is 0.755. The van der Waals surface area contributed by atoms with Gasteiger partial charge < -0.3 is 15.2 Å². The number of hydrogen-bond acceptors (Lipinski definition) is 3. The number of hydrogen-bond donors (Lipinski definition) is 1. The van der Waals surface area contributed by atoms with Crippen molar-refractivity contribution in [2.75, 3.05) is 20.3 Å². The van der Waals surface area contributed by atoms with E-state index in [2.05, 4.69) is 6.07 Å². The highest BCUT2D eigenvalue weighted by molar-refractivity contribution is 5.38. The molecular weight excluding hydrogens is 190 g/mol. The van der Waals surface area contributed by atoms with Gasteiger partial charge in [-0.1, -0.05) is 17.7 Å². The summed E-state index contributed by atoms with van der Waals surface area (Å²) in [7, 11) is 1.66. The van der Waals surface area contributed by atoms with Gasteiger partial charge in [0.05, 0.1) is 6.61 Å². The molecule has 1 aromatic rings. The molecule has 1 aromatic carbocycles. The Balaban J connectivity index is 2.77. The summed E-state index contributed by atoms with van der Waals surface area (Å²) < 4.78 is 10.5. The zero-order chi connectivity index (χ0) is 11.3. The second kappa shape index (κ2) is 5.73. The van der Waals surface area contributed by atoms with Crippen LogP contribution in [0.25, 0.3) is 0 Å². The van der Waals surface area contributed by atoms with Gasteiger partial charge in [-0.05, 0) is 19.9 Å². The standard InChI is InChI=1S/C12H19NO2/c1-9-4-5-12(15-7-6-14-3)11(8-9)10(2)13/h4-5,8,10H,6-7,13H2,1-3H3/t10-/m0/s1. The molecular formula is C12H19NO2. The Morgan fingerprint density at radius 2 is 2.07 bits per heavy atom. The molecule has 0 bridgehead atoms. The predicted octanol–water partition coefficient (Wildman–Crippen LogP) is 2.04. The van der Waals surface area contributed by atoms with Crippen LogP contribution in [-0.4, -0.2) is 20.3 Å². The van der Waals surface area contributed by atoms with Gasteiger partial charge in [0, 0.05) is 18.7 Å². The van der Waals surface area contributed by atoms with Gasteiger partial charge in [0.1, 0.15) is 12.4 Å². The number of methoxy groups -OCH3 is 1. The zero-order valence-electron chi connectivity index (χ0n) is 9.62. The van der Waals surface area contributed by atoms with Crippen molar-refractivity contribution in [2.24, 2.45) is 5.73 Å². The van der Waals surface area contributed by atoms with Gasteiger partial charge in [0.25, 0.3) is 0 Å². The summed E-state index contributed by atoms with van der Waals surface area (Å²) in [6, 6.07) is 6.03. The molecule has 2 N–H and O–H groups in total. The van der Waals surface area contributed by atoms with E-state index in [4.69, 9.17) is 15.2 Å². The fraction of sp³-hybridized carbons (Fsp3) is 0.500. The first kappa shape index (κ1) is 12.0. The van der Waals surface area contributed by atoms with E-state index < -0.39 is 0 Å². The van der Waals surface area contributed by atoms with E-state index in [0.29, 0.717) is 13.2 Å². The second-order valence-electron chi connectivity index (χ2n) is 3.67. The highest BCUT2D eigenvalue weighted by Gasteiger charge is 2.07. The Bertz CT molecular complexity index is 310. The van der Waals surface area contributed by atoms with Crippen LogP contribution in [0.1, 0.15) is 24.1 Å². The number of ether oxygens (including phenoxy) is 2. The van der Waals surface area contributed by atoms with Gasteiger partial charge >= 0.3 is 0 Å². The Morgan fingerprint density at radius 1 is 1.33 bits per heavy atom. The highest BCUT2D eigenvalue weighted by Crippen LogP contribution is 2.24. The fourth-order valence-electron chi connectivity index (χ4n) is 1.39. The van der Waals surface area contributed by atoms with Crippen LogP contribution >= 0.6 is 0 Å².